The summed E-state index contributed by atoms with van der Waals surface area (Å²) in [5.74, 6) is 3.09. The Hall–Kier alpha value is -4.74. The smallest absolute Gasteiger partial charge is 0.245 e. The van der Waals surface area contributed by atoms with E-state index < -0.39 is 5.60 Å². The maximum atomic E-state index is 8.96. The standard InChI is InChI=1S/C35H39IN4O5S.C12H17NO2/c1-5-9-28(41-3)15-12-25(2)35(26-10-7-6-8-11-26,27-13-16-29(42-4)17-14-27)44-22-30-18-19-31(45-30)40-24-39-32-33(40)37-23-38-34(32)43-20-21-46-36;1-3-11(8-14)5-4-10(2)12-9-15-7-6-13-12/h6-17,23-24,30-31H,2,5,18-22H2,1,3-4H3;3-7,10,14H,8-9H2,1-2H3/b15-12-,28-9+;5-4-,11-3+/t30-,31+,35?;/m0./s1. The van der Waals surface area contributed by atoms with Crippen molar-refractivity contribution in [3.05, 3.63) is 151 Å². The third kappa shape index (κ3) is 12.7. The fraction of sp³-hybridized carbons (Fsp3) is 0.362. The molecular formula is C47H56IN5O7S. The number of aromatic nitrogens is 4. The number of methoxy groups -OCH3 is 2. The molecule has 1 saturated heterocycles. The monoisotopic (exact) mass is 961 g/mol. The molecular weight excluding hydrogens is 906 g/mol. The number of rotatable bonds is 20. The number of halogens is 1. The van der Waals surface area contributed by atoms with E-state index in [0.717, 1.165) is 64.5 Å². The number of aliphatic imine (C=N–C) groups is 1. The highest BCUT2D eigenvalue weighted by molar-refractivity contribution is 14.2. The molecule has 12 nitrogen and oxygen atoms in total. The first kappa shape index (κ1) is 47.3. The fourth-order valence-electron chi connectivity index (χ4n) is 6.77. The molecule has 0 radical (unpaired) electrons. The minimum absolute atomic E-state index is 0.0720. The normalized spacial score (nSPS) is 18.3. The molecule has 4 aromatic rings. The number of ether oxygens (including phenoxy) is 6. The molecule has 324 valence electrons. The number of nitrogens with zero attached hydrogens (tertiary/aromatic N) is 5. The quantitative estimate of drug-likeness (QED) is 0.0393. The van der Waals surface area contributed by atoms with Gasteiger partial charge in [-0.05, 0) is 93.9 Å². The van der Waals surface area contributed by atoms with E-state index in [4.69, 9.17) is 33.5 Å². The van der Waals surface area contributed by atoms with Crippen molar-refractivity contribution < 1.29 is 33.5 Å². The van der Waals surface area contributed by atoms with Crippen molar-refractivity contribution in [3.8, 4) is 11.6 Å². The number of aliphatic hydroxyl groups excluding tert-OH is 1. The van der Waals surface area contributed by atoms with Gasteiger partial charge in [-0.15, -0.1) is 0 Å². The molecule has 2 aliphatic rings. The van der Waals surface area contributed by atoms with Crippen LogP contribution in [0.4, 0.5) is 0 Å². The van der Waals surface area contributed by atoms with Crippen molar-refractivity contribution >= 4 is 47.0 Å². The summed E-state index contributed by atoms with van der Waals surface area (Å²) in [5, 5.41) is 8.96. The SMILES string of the molecule is C/C=C(\C=C/C(C)C1=NC=COC1)CO.C=C(/C=C\C(=C/CC)OC)C(OC[C@@H]1CC[C@H](n2cnc3c(OCCSI)ncnc32)O1)(c1ccccc1)c1ccc(OC)cc1. The third-order valence-electron chi connectivity index (χ3n) is 10.1. The summed E-state index contributed by atoms with van der Waals surface area (Å²) in [7, 11) is 5.01. The first-order chi connectivity index (χ1) is 29.8. The summed E-state index contributed by atoms with van der Waals surface area (Å²) in [6, 6.07) is 18.1. The molecule has 6 rings (SSSR count). The number of hydrogen-bond donors (Lipinski definition) is 1. The van der Waals surface area contributed by atoms with E-state index in [1.165, 1.54) is 6.33 Å². The van der Waals surface area contributed by atoms with E-state index >= 15 is 0 Å². The van der Waals surface area contributed by atoms with Gasteiger partial charge in [0, 0.05) is 11.7 Å². The number of benzene rings is 2. The van der Waals surface area contributed by atoms with Crippen LogP contribution in [0.15, 0.2) is 145 Å². The molecule has 0 saturated carbocycles. The lowest BCUT2D eigenvalue weighted by Gasteiger charge is -2.37. The van der Waals surface area contributed by atoms with Gasteiger partial charge in [-0.3, -0.25) is 9.56 Å². The van der Waals surface area contributed by atoms with Gasteiger partial charge in [-0.2, -0.15) is 4.98 Å². The Labute approximate surface area is 375 Å². The van der Waals surface area contributed by atoms with Gasteiger partial charge in [0.15, 0.2) is 11.2 Å². The third-order valence-corrected chi connectivity index (χ3v) is 11.8. The van der Waals surface area contributed by atoms with E-state index in [1.54, 1.807) is 41.9 Å². The predicted octanol–water partition coefficient (Wildman–Crippen LogP) is 10.0. The molecule has 1 N–H and O–H groups in total. The lowest BCUT2D eigenvalue weighted by molar-refractivity contribution is -0.0757. The predicted molar refractivity (Wildman–Crippen MR) is 252 cm³/mol. The molecule has 2 aliphatic heterocycles. The van der Waals surface area contributed by atoms with Crippen molar-refractivity contribution in [2.24, 2.45) is 10.9 Å². The van der Waals surface area contributed by atoms with Crippen LogP contribution in [0.3, 0.4) is 0 Å². The van der Waals surface area contributed by atoms with E-state index in [1.807, 2.05) is 90.4 Å². The average Bonchev–Trinajstić information content (AvgIpc) is 3.97. The van der Waals surface area contributed by atoms with Crippen LogP contribution < -0.4 is 9.47 Å². The van der Waals surface area contributed by atoms with Gasteiger partial charge in [0.1, 0.15) is 42.5 Å². The lowest BCUT2D eigenvalue weighted by atomic mass is 9.80. The van der Waals surface area contributed by atoms with Crippen LogP contribution in [-0.4, -0.2) is 82.8 Å². The molecule has 0 aliphatic carbocycles. The molecule has 1 fully saturated rings. The van der Waals surface area contributed by atoms with Crippen LogP contribution in [0.5, 0.6) is 11.6 Å². The molecule has 2 unspecified atom stereocenters. The van der Waals surface area contributed by atoms with Gasteiger partial charge >= 0.3 is 0 Å². The highest BCUT2D eigenvalue weighted by Crippen LogP contribution is 2.43. The van der Waals surface area contributed by atoms with Crippen LogP contribution >= 0.6 is 30.1 Å². The van der Waals surface area contributed by atoms with Crippen molar-refractivity contribution in [2.75, 3.05) is 46.4 Å². The Morgan fingerprint density at radius 3 is 2.52 bits per heavy atom. The van der Waals surface area contributed by atoms with Crippen molar-refractivity contribution in [1.82, 2.24) is 19.5 Å². The van der Waals surface area contributed by atoms with Crippen molar-refractivity contribution in [1.29, 1.82) is 0 Å². The van der Waals surface area contributed by atoms with Crippen LogP contribution in [-0.2, 0) is 24.5 Å². The zero-order valence-corrected chi connectivity index (χ0v) is 38.5. The fourth-order valence-corrected chi connectivity index (χ4v) is 7.46. The molecule has 0 bridgehead atoms. The maximum absolute atomic E-state index is 8.96. The Morgan fingerprint density at radius 2 is 1.85 bits per heavy atom. The molecule has 61 heavy (non-hydrogen) atoms. The summed E-state index contributed by atoms with van der Waals surface area (Å²) in [4.78, 5) is 17.6. The highest BCUT2D eigenvalue weighted by Gasteiger charge is 2.40. The maximum Gasteiger partial charge on any atom is 0.245 e. The topological polar surface area (TPSA) is 132 Å². The second kappa shape index (κ2) is 24.6. The van der Waals surface area contributed by atoms with Crippen LogP contribution in [0.1, 0.15) is 57.4 Å². The molecule has 2 aromatic carbocycles. The molecule has 0 spiro atoms. The number of allylic oxidation sites excluding steroid dienone is 4. The minimum atomic E-state index is -1.01. The summed E-state index contributed by atoms with van der Waals surface area (Å²) in [5.41, 5.74) is 4.85. The Balaban J connectivity index is 0.000000396. The summed E-state index contributed by atoms with van der Waals surface area (Å²) >= 11 is 2.25. The highest BCUT2D eigenvalue weighted by atomic mass is 127. The van der Waals surface area contributed by atoms with Gasteiger partial charge in [-0.25, -0.2) is 9.97 Å². The molecule has 0 amide bonds. The lowest BCUT2D eigenvalue weighted by Crippen LogP contribution is -2.35. The van der Waals surface area contributed by atoms with Crippen LogP contribution in [0.25, 0.3) is 11.2 Å². The van der Waals surface area contributed by atoms with E-state index in [2.05, 4.69) is 73.7 Å². The van der Waals surface area contributed by atoms with Gasteiger partial charge in [-0.1, -0.05) is 96.1 Å². The minimum Gasteiger partial charge on any atom is -0.497 e. The summed E-state index contributed by atoms with van der Waals surface area (Å²) < 4.78 is 37.6. The van der Waals surface area contributed by atoms with Gasteiger partial charge < -0.3 is 33.5 Å². The van der Waals surface area contributed by atoms with Gasteiger partial charge in [0.05, 0.1) is 58.4 Å². The zero-order valence-electron chi connectivity index (χ0n) is 35.5. The number of aliphatic hydroxyl groups is 1. The van der Waals surface area contributed by atoms with Crippen molar-refractivity contribution in [2.45, 2.75) is 58.0 Å². The van der Waals surface area contributed by atoms with Crippen LogP contribution in [0, 0.1) is 5.92 Å². The van der Waals surface area contributed by atoms with E-state index in [9.17, 15) is 0 Å². The molecule has 4 heterocycles. The Bertz CT molecular complexity index is 2190. The number of fused-ring (bicyclic) bond motifs is 1. The average molecular weight is 962 g/mol. The summed E-state index contributed by atoms with van der Waals surface area (Å²) in [6.45, 7) is 12.1. The second-order valence-corrected chi connectivity index (χ2v) is 16.5. The first-order valence-corrected chi connectivity index (χ1v) is 23.8. The van der Waals surface area contributed by atoms with Crippen molar-refractivity contribution in [3.63, 3.8) is 0 Å². The van der Waals surface area contributed by atoms with E-state index in [0.29, 0.717) is 36.9 Å². The second-order valence-electron chi connectivity index (χ2n) is 14.0. The largest absolute Gasteiger partial charge is 0.497 e. The Morgan fingerprint density at radius 1 is 1.07 bits per heavy atom. The number of imidazole rings is 1. The Kier molecular flexibility index (Phi) is 19.1. The van der Waals surface area contributed by atoms with Crippen LogP contribution in [0.2, 0.25) is 0 Å². The van der Waals surface area contributed by atoms with E-state index in [-0.39, 0.29) is 24.9 Å². The zero-order chi connectivity index (χ0) is 43.5. The molecule has 2 aromatic heterocycles. The number of hydrogen-bond acceptors (Lipinski definition) is 12. The first-order valence-electron chi connectivity index (χ1n) is 20.2. The molecule has 14 heteroatoms. The van der Waals surface area contributed by atoms with Gasteiger partial charge in [0.2, 0.25) is 5.88 Å². The molecule has 4 atom stereocenters. The van der Waals surface area contributed by atoms with Gasteiger partial charge in [0.25, 0.3) is 0 Å². The summed E-state index contributed by atoms with van der Waals surface area (Å²) in [6.07, 6.45) is 20.3.